The van der Waals surface area contributed by atoms with Crippen molar-refractivity contribution in [1.29, 1.82) is 0 Å². The number of aryl methyl sites for hydroxylation is 1. The maximum absolute atomic E-state index is 12.9. The molecule has 7 heteroatoms. The van der Waals surface area contributed by atoms with Crippen molar-refractivity contribution < 1.29 is 19.8 Å². The number of amides is 2. The van der Waals surface area contributed by atoms with Crippen molar-refractivity contribution in [3.63, 3.8) is 0 Å². The molecule has 2 aromatic carbocycles. The number of carbonyl (C=O) groups is 2. The van der Waals surface area contributed by atoms with Gasteiger partial charge >= 0.3 is 0 Å². The molecule has 1 heterocycles. The number of rotatable bonds is 13. The number of phenols is 2. The molecule has 1 aromatic heterocycles. The minimum absolute atomic E-state index is 0.0587. The summed E-state index contributed by atoms with van der Waals surface area (Å²) in [6.45, 7) is 5.09. The van der Waals surface area contributed by atoms with Gasteiger partial charge in [-0.1, -0.05) is 32.6 Å². The second kappa shape index (κ2) is 13.2. The van der Waals surface area contributed by atoms with E-state index in [2.05, 4.69) is 6.92 Å². The number of hydrogen-bond acceptors (Lipinski definition) is 4. The van der Waals surface area contributed by atoms with Crippen LogP contribution < -0.4 is 4.90 Å². The van der Waals surface area contributed by atoms with Crippen molar-refractivity contribution in [1.82, 2.24) is 9.47 Å². The fourth-order valence-corrected chi connectivity index (χ4v) is 4.85. The van der Waals surface area contributed by atoms with E-state index in [0.29, 0.717) is 13.0 Å². The zero-order chi connectivity index (χ0) is 26.9. The third-order valence-corrected chi connectivity index (χ3v) is 6.99. The summed E-state index contributed by atoms with van der Waals surface area (Å²) < 4.78 is 2.03. The van der Waals surface area contributed by atoms with Gasteiger partial charge in [0, 0.05) is 51.5 Å². The van der Waals surface area contributed by atoms with Gasteiger partial charge in [-0.15, -0.1) is 0 Å². The Morgan fingerprint density at radius 3 is 2.19 bits per heavy atom. The minimum atomic E-state index is -0.0587. The lowest BCUT2D eigenvalue weighted by Gasteiger charge is -2.23. The van der Waals surface area contributed by atoms with Gasteiger partial charge in [-0.3, -0.25) is 9.59 Å². The SMILES string of the molecule is CCCCN(C)C(=O)CCCCCCCN(C(C)=O)c1c(-c2ccc(O)cc2)n(C)c2ccc(O)cc12. The molecule has 37 heavy (non-hydrogen) atoms. The molecule has 2 amide bonds. The summed E-state index contributed by atoms with van der Waals surface area (Å²) >= 11 is 0. The number of anilines is 1. The highest BCUT2D eigenvalue weighted by Gasteiger charge is 2.24. The second-order valence-corrected chi connectivity index (χ2v) is 9.86. The Morgan fingerprint density at radius 1 is 0.865 bits per heavy atom. The normalized spacial score (nSPS) is 11.1. The summed E-state index contributed by atoms with van der Waals surface area (Å²) in [4.78, 5) is 28.7. The largest absolute Gasteiger partial charge is 0.508 e. The predicted molar refractivity (Wildman–Crippen MR) is 150 cm³/mol. The van der Waals surface area contributed by atoms with Gasteiger partial charge in [0.1, 0.15) is 11.5 Å². The molecular formula is C30H41N3O4. The summed E-state index contributed by atoms with van der Waals surface area (Å²) in [5.41, 5.74) is 3.43. The fraction of sp³-hybridized carbons (Fsp3) is 0.467. The number of phenolic OH excluding ortho intramolecular Hbond substituents is 2. The zero-order valence-electron chi connectivity index (χ0n) is 22.7. The average Bonchev–Trinajstić information content (AvgIpc) is 3.15. The van der Waals surface area contributed by atoms with Crippen LogP contribution in [-0.2, 0) is 16.6 Å². The van der Waals surface area contributed by atoms with Crippen LogP contribution in [0.5, 0.6) is 11.5 Å². The van der Waals surface area contributed by atoms with Crippen molar-refractivity contribution in [2.45, 2.75) is 65.2 Å². The highest BCUT2D eigenvalue weighted by atomic mass is 16.3. The third kappa shape index (κ3) is 7.06. The van der Waals surface area contributed by atoms with E-state index in [0.717, 1.165) is 79.3 Å². The Morgan fingerprint density at radius 2 is 1.51 bits per heavy atom. The topological polar surface area (TPSA) is 86.0 Å². The number of nitrogens with zero attached hydrogens (tertiary/aromatic N) is 3. The molecule has 0 aliphatic carbocycles. The molecule has 0 unspecified atom stereocenters. The summed E-state index contributed by atoms with van der Waals surface area (Å²) in [5, 5.41) is 20.8. The Balaban J connectivity index is 1.69. The molecule has 0 atom stereocenters. The first-order chi connectivity index (χ1) is 17.7. The number of carbonyl (C=O) groups excluding carboxylic acids is 2. The summed E-state index contributed by atoms with van der Waals surface area (Å²) in [5.74, 6) is 0.489. The molecule has 0 bridgehead atoms. The molecule has 0 saturated carbocycles. The predicted octanol–water partition coefficient (Wildman–Crippen LogP) is 6.21. The summed E-state index contributed by atoms with van der Waals surface area (Å²) in [6, 6.07) is 12.2. The van der Waals surface area contributed by atoms with Crippen molar-refractivity contribution in [2.24, 2.45) is 7.05 Å². The first-order valence-electron chi connectivity index (χ1n) is 13.4. The smallest absolute Gasteiger partial charge is 0.223 e. The van der Waals surface area contributed by atoms with Crippen LogP contribution in [0.25, 0.3) is 22.2 Å². The van der Waals surface area contributed by atoms with Gasteiger partial charge in [0.25, 0.3) is 0 Å². The number of hydrogen-bond donors (Lipinski definition) is 2. The zero-order valence-corrected chi connectivity index (χ0v) is 22.7. The average molecular weight is 508 g/mol. The van der Waals surface area contributed by atoms with Crippen LogP contribution in [0, 0.1) is 0 Å². The van der Waals surface area contributed by atoms with Crippen LogP contribution in [0.1, 0.15) is 65.2 Å². The first kappa shape index (κ1) is 28.1. The second-order valence-electron chi connectivity index (χ2n) is 9.86. The van der Waals surface area contributed by atoms with E-state index in [4.69, 9.17) is 0 Å². The maximum Gasteiger partial charge on any atom is 0.223 e. The quantitative estimate of drug-likeness (QED) is 0.269. The Kier molecular flexibility index (Phi) is 10.0. The van der Waals surface area contributed by atoms with Crippen LogP contribution in [-0.4, -0.2) is 51.6 Å². The molecule has 7 nitrogen and oxygen atoms in total. The Labute approximate surface area is 220 Å². The van der Waals surface area contributed by atoms with Crippen LogP contribution in [0.15, 0.2) is 42.5 Å². The van der Waals surface area contributed by atoms with E-state index in [9.17, 15) is 19.8 Å². The number of aromatic nitrogens is 1. The van der Waals surface area contributed by atoms with Crippen LogP contribution in [0.4, 0.5) is 5.69 Å². The van der Waals surface area contributed by atoms with E-state index >= 15 is 0 Å². The number of fused-ring (bicyclic) bond motifs is 1. The van der Waals surface area contributed by atoms with Gasteiger partial charge in [-0.25, -0.2) is 0 Å². The Bertz CT molecular complexity index is 1200. The van der Waals surface area contributed by atoms with Crippen molar-refractivity contribution in [3.8, 4) is 22.8 Å². The number of unbranched alkanes of at least 4 members (excludes halogenated alkanes) is 5. The third-order valence-electron chi connectivity index (χ3n) is 6.99. The fourth-order valence-electron chi connectivity index (χ4n) is 4.85. The minimum Gasteiger partial charge on any atom is -0.508 e. The van der Waals surface area contributed by atoms with Crippen molar-refractivity contribution >= 4 is 28.4 Å². The number of benzene rings is 2. The summed E-state index contributed by atoms with van der Waals surface area (Å²) in [6.07, 6.45) is 7.43. The molecule has 200 valence electrons. The van der Waals surface area contributed by atoms with E-state index in [1.807, 2.05) is 41.8 Å². The molecule has 0 saturated heterocycles. The molecule has 0 aliphatic heterocycles. The summed E-state index contributed by atoms with van der Waals surface area (Å²) in [7, 11) is 3.83. The highest BCUT2D eigenvalue weighted by Crippen LogP contribution is 2.41. The van der Waals surface area contributed by atoms with E-state index in [-0.39, 0.29) is 23.3 Å². The monoisotopic (exact) mass is 507 g/mol. The van der Waals surface area contributed by atoms with Gasteiger partial charge in [-0.2, -0.15) is 0 Å². The van der Waals surface area contributed by atoms with Crippen molar-refractivity contribution in [3.05, 3.63) is 42.5 Å². The van der Waals surface area contributed by atoms with Crippen LogP contribution in [0.3, 0.4) is 0 Å². The molecule has 0 radical (unpaired) electrons. The molecule has 0 aliphatic rings. The molecule has 3 rings (SSSR count). The molecule has 2 N–H and O–H groups in total. The maximum atomic E-state index is 12.9. The highest BCUT2D eigenvalue weighted by molar-refractivity contribution is 6.09. The van der Waals surface area contributed by atoms with Crippen LogP contribution in [0.2, 0.25) is 0 Å². The van der Waals surface area contributed by atoms with E-state index < -0.39 is 0 Å². The van der Waals surface area contributed by atoms with E-state index in [1.165, 1.54) is 0 Å². The van der Waals surface area contributed by atoms with Gasteiger partial charge in [0.15, 0.2) is 0 Å². The van der Waals surface area contributed by atoms with Gasteiger partial charge in [-0.05, 0) is 61.7 Å². The van der Waals surface area contributed by atoms with Gasteiger partial charge < -0.3 is 24.6 Å². The van der Waals surface area contributed by atoms with Crippen LogP contribution >= 0.6 is 0 Å². The Hall–Kier alpha value is -3.48. The van der Waals surface area contributed by atoms with E-state index in [1.54, 1.807) is 36.1 Å². The molecule has 3 aromatic rings. The van der Waals surface area contributed by atoms with Gasteiger partial charge in [0.05, 0.1) is 16.9 Å². The molecule has 0 fully saturated rings. The van der Waals surface area contributed by atoms with Gasteiger partial charge in [0.2, 0.25) is 11.8 Å². The lowest BCUT2D eigenvalue weighted by atomic mass is 10.1. The lowest BCUT2D eigenvalue weighted by Crippen LogP contribution is -2.30. The molecule has 0 spiro atoms. The standard InChI is InChI=1S/C30H41N3O4/c1-5-6-19-31(3)28(37)12-10-8-7-9-11-20-33(22(2)34)30-26-21-25(36)17-18-27(26)32(4)29(30)23-13-15-24(35)16-14-23/h13-18,21,35-36H,5-12,19-20H2,1-4H3. The number of aromatic hydroxyl groups is 2. The lowest BCUT2D eigenvalue weighted by molar-refractivity contribution is -0.130. The first-order valence-corrected chi connectivity index (χ1v) is 13.4. The van der Waals surface area contributed by atoms with Crippen molar-refractivity contribution in [2.75, 3.05) is 25.0 Å². The molecular weight excluding hydrogens is 466 g/mol.